The molecule has 0 bridgehead atoms. The summed E-state index contributed by atoms with van der Waals surface area (Å²) >= 11 is -1.44. The fourth-order valence-corrected chi connectivity index (χ4v) is 7.05. The van der Waals surface area contributed by atoms with Gasteiger partial charge in [0.05, 0.1) is 0 Å². The Morgan fingerprint density at radius 1 is 0.618 bits per heavy atom. The molecule has 1 atom stereocenters. The Morgan fingerprint density at radius 3 is 1.44 bits per heavy atom. The predicted octanol–water partition coefficient (Wildman–Crippen LogP) is 10.4. The van der Waals surface area contributed by atoms with Crippen molar-refractivity contribution >= 4 is 21.4 Å². The molecule has 0 saturated heterocycles. The fraction of sp³-hybridized carbons (Fsp3) is 0.929. The molecular formula is C28H59AsO4P. The van der Waals surface area contributed by atoms with Crippen LogP contribution in [0.4, 0.5) is 0 Å². The molecular weight excluding hydrogens is 506 g/mol. The van der Waals surface area contributed by atoms with Crippen molar-refractivity contribution in [3.05, 3.63) is 12.2 Å². The summed E-state index contributed by atoms with van der Waals surface area (Å²) in [6.45, 7) is 2.91. The molecule has 0 aromatic rings. The van der Waals surface area contributed by atoms with Crippen molar-refractivity contribution in [1.29, 1.82) is 0 Å². The zero-order valence-corrected chi connectivity index (χ0v) is 26.0. The maximum atomic E-state index is 11.9. The van der Waals surface area contributed by atoms with E-state index in [1.807, 2.05) is 0 Å². The first-order chi connectivity index (χ1) is 16.3. The minimum absolute atomic E-state index is 0.317. The molecule has 0 aliphatic carbocycles. The third-order valence-electron chi connectivity index (χ3n) is 6.14. The van der Waals surface area contributed by atoms with Crippen LogP contribution in [0.1, 0.15) is 129 Å². The van der Waals surface area contributed by atoms with Gasteiger partial charge in [0, 0.05) is 0 Å². The van der Waals surface area contributed by atoms with E-state index in [1.54, 1.807) is 0 Å². The SMILES string of the molecule is CCCCCCCC/C=C\CCCCCCCCCCCCOP(=O)(O)OCCC[As](C)(C)C. The van der Waals surface area contributed by atoms with Crippen molar-refractivity contribution in [2.24, 2.45) is 0 Å². The maximum absolute atomic E-state index is 11.9. The van der Waals surface area contributed by atoms with Crippen LogP contribution in [-0.2, 0) is 13.6 Å². The predicted molar refractivity (Wildman–Crippen MR) is 152 cm³/mol. The van der Waals surface area contributed by atoms with Gasteiger partial charge in [-0.15, -0.1) is 0 Å². The molecule has 1 unspecified atom stereocenters. The number of hydrogen-bond acceptors (Lipinski definition) is 3. The van der Waals surface area contributed by atoms with E-state index in [0.717, 1.165) is 24.5 Å². The first kappa shape index (κ1) is 34.4. The van der Waals surface area contributed by atoms with Crippen LogP contribution in [0.3, 0.4) is 0 Å². The third-order valence-corrected chi connectivity index (χ3v) is 10.6. The molecule has 0 rings (SSSR count). The molecule has 0 aliphatic heterocycles. The first-order valence-electron chi connectivity index (χ1n) is 14.3. The van der Waals surface area contributed by atoms with E-state index in [2.05, 4.69) is 36.2 Å². The van der Waals surface area contributed by atoms with Gasteiger partial charge in [-0.1, -0.05) is 76.9 Å². The van der Waals surface area contributed by atoms with Gasteiger partial charge in [0.2, 0.25) is 0 Å². The summed E-state index contributed by atoms with van der Waals surface area (Å²) in [5, 5.41) is 1.13. The second kappa shape index (κ2) is 23.8. The van der Waals surface area contributed by atoms with Crippen LogP contribution in [0.15, 0.2) is 12.2 Å². The van der Waals surface area contributed by atoms with E-state index in [4.69, 9.17) is 9.05 Å². The molecule has 0 amide bonds. The van der Waals surface area contributed by atoms with Crippen molar-refractivity contribution in [2.75, 3.05) is 13.2 Å². The standard InChI is InChI=1S/C28H59AsO4P/c1-5-6-7-8-9-10-11-12-13-14-15-16-17-18-19-20-21-22-23-24-27-32-34(30,31)33-28-25-26-29(2,3)4/h12-13H,5-11,14-28H2,1-4H3,(H,30,31)/b13-12-. The molecule has 0 fully saturated rings. The Kier molecular flexibility index (Phi) is 24.1. The minimum atomic E-state index is -3.85. The van der Waals surface area contributed by atoms with Crippen molar-refractivity contribution in [3.63, 3.8) is 0 Å². The molecule has 0 heterocycles. The van der Waals surface area contributed by atoms with Crippen molar-refractivity contribution in [1.82, 2.24) is 0 Å². The Hall–Kier alpha value is 0.408. The van der Waals surface area contributed by atoms with Gasteiger partial charge in [0.15, 0.2) is 0 Å². The van der Waals surface area contributed by atoms with Crippen LogP contribution in [0.25, 0.3) is 0 Å². The van der Waals surface area contributed by atoms with E-state index in [-0.39, 0.29) is 0 Å². The molecule has 0 spiro atoms. The Balaban J connectivity index is 3.30. The molecule has 205 valence electrons. The second-order valence-corrected chi connectivity index (χ2v) is 22.9. The Bertz CT molecular complexity index is 505. The van der Waals surface area contributed by atoms with Gasteiger partial charge >= 0.3 is 114 Å². The summed E-state index contributed by atoms with van der Waals surface area (Å²) in [7, 11) is -3.85. The topological polar surface area (TPSA) is 55.8 Å². The van der Waals surface area contributed by atoms with Gasteiger partial charge in [-0.3, -0.25) is 0 Å². The monoisotopic (exact) mass is 565 g/mol. The number of hydrogen-bond donors (Lipinski definition) is 1. The molecule has 4 nitrogen and oxygen atoms in total. The summed E-state index contributed by atoms with van der Waals surface area (Å²) < 4.78 is 22.0. The van der Waals surface area contributed by atoms with Crippen LogP contribution in [0.2, 0.25) is 22.3 Å². The Morgan fingerprint density at radius 2 is 1.00 bits per heavy atom. The van der Waals surface area contributed by atoms with E-state index < -0.39 is 21.4 Å². The number of unbranched alkanes of at least 4 members (excludes halogenated alkanes) is 16. The third kappa shape index (κ3) is 28.6. The van der Waals surface area contributed by atoms with Gasteiger partial charge in [-0.25, -0.2) is 0 Å². The van der Waals surface area contributed by atoms with E-state index in [0.29, 0.717) is 13.2 Å². The average Bonchev–Trinajstić information content (AvgIpc) is 2.77. The Labute approximate surface area is 216 Å². The molecule has 6 heteroatoms. The average molecular weight is 566 g/mol. The van der Waals surface area contributed by atoms with Gasteiger partial charge in [0.25, 0.3) is 0 Å². The molecule has 1 N–H and O–H groups in total. The van der Waals surface area contributed by atoms with Crippen LogP contribution < -0.4 is 0 Å². The zero-order chi connectivity index (χ0) is 25.4. The summed E-state index contributed by atoms with van der Waals surface area (Å²) in [4.78, 5) is 9.72. The van der Waals surface area contributed by atoms with Crippen LogP contribution in [0.5, 0.6) is 0 Å². The summed E-state index contributed by atoms with van der Waals surface area (Å²) in [5.74, 6) is 0. The zero-order valence-electron chi connectivity index (χ0n) is 23.3. The van der Waals surface area contributed by atoms with Crippen molar-refractivity contribution in [3.8, 4) is 0 Å². The first-order valence-corrected chi connectivity index (χ1v) is 22.8. The van der Waals surface area contributed by atoms with Crippen LogP contribution >= 0.6 is 7.82 Å². The molecule has 34 heavy (non-hydrogen) atoms. The molecule has 0 aliphatic rings. The molecule has 1 radical (unpaired) electrons. The number of phosphoric acid groups is 1. The van der Waals surface area contributed by atoms with Gasteiger partial charge in [-0.2, -0.15) is 0 Å². The molecule has 0 saturated carbocycles. The van der Waals surface area contributed by atoms with Gasteiger partial charge in [0.1, 0.15) is 0 Å². The van der Waals surface area contributed by atoms with Crippen LogP contribution in [-0.4, -0.2) is 31.7 Å². The van der Waals surface area contributed by atoms with E-state index >= 15 is 0 Å². The summed E-state index contributed by atoms with van der Waals surface area (Å²) in [6, 6.07) is 0. The second-order valence-electron chi connectivity index (χ2n) is 10.9. The van der Waals surface area contributed by atoms with Crippen LogP contribution in [0, 0.1) is 0 Å². The van der Waals surface area contributed by atoms with E-state index in [9.17, 15) is 9.46 Å². The summed E-state index contributed by atoms with van der Waals surface area (Å²) in [6.07, 6.45) is 28.9. The normalized spacial score (nSPS) is 14.1. The molecule has 0 aromatic heterocycles. The van der Waals surface area contributed by atoms with Gasteiger partial charge < -0.3 is 0 Å². The summed E-state index contributed by atoms with van der Waals surface area (Å²) in [5.41, 5.74) is 6.97. The number of rotatable bonds is 26. The van der Waals surface area contributed by atoms with Crippen molar-refractivity contribution in [2.45, 2.75) is 151 Å². The number of allylic oxidation sites excluding steroid dienone is 2. The number of phosphoric ester groups is 1. The quantitative estimate of drug-likeness (QED) is 0.0491. The fourth-order valence-electron chi connectivity index (χ4n) is 3.99. The van der Waals surface area contributed by atoms with Crippen molar-refractivity contribution < 1.29 is 18.5 Å². The van der Waals surface area contributed by atoms with Gasteiger partial charge in [-0.05, 0) is 25.7 Å². The van der Waals surface area contributed by atoms with E-state index in [1.165, 1.54) is 103 Å². The molecule has 0 aromatic carbocycles.